The van der Waals surface area contributed by atoms with Crippen molar-refractivity contribution in [2.24, 2.45) is 22.6 Å². The third-order valence-electron chi connectivity index (χ3n) is 5.08. The van der Waals surface area contributed by atoms with Crippen LogP contribution >= 0.6 is 0 Å². The Morgan fingerprint density at radius 3 is 2.68 bits per heavy atom. The second kappa shape index (κ2) is 11.8. The SMILES string of the molecule is CCNC(=NCC(CO)Cc1ccc(OC(F)(F)F)cc1)N1CCCC(CC(N)=O)C1. The highest BCUT2D eigenvalue weighted by Crippen LogP contribution is 2.24. The first-order valence-corrected chi connectivity index (χ1v) is 10.5. The minimum absolute atomic E-state index is 0.103. The predicted molar refractivity (Wildman–Crippen MR) is 111 cm³/mol. The van der Waals surface area contributed by atoms with Crippen LogP contribution in [0.15, 0.2) is 29.3 Å². The number of nitrogens with zero attached hydrogens (tertiary/aromatic N) is 2. The third kappa shape index (κ3) is 9.04. The van der Waals surface area contributed by atoms with Crippen molar-refractivity contribution in [1.82, 2.24) is 10.2 Å². The average molecular weight is 444 g/mol. The highest BCUT2D eigenvalue weighted by molar-refractivity contribution is 5.80. The van der Waals surface area contributed by atoms with E-state index in [1.165, 1.54) is 12.1 Å². The van der Waals surface area contributed by atoms with Crippen molar-refractivity contribution in [3.05, 3.63) is 29.8 Å². The van der Waals surface area contributed by atoms with E-state index in [0.29, 0.717) is 32.5 Å². The summed E-state index contributed by atoms with van der Waals surface area (Å²) in [4.78, 5) is 18.0. The molecule has 0 saturated carbocycles. The number of halogens is 3. The number of amides is 1. The molecule has 1 fully saturated rings. The van der Waals surface area contributed by atoms with E-state index in [2.05, 4.69) is 19.9 Å². The number of aliphatic imine (C=N–C) groups is 1. The van der Waals surface area contributed by atoms with Gasteiger partial charge in [-0.05, 0) is 49.8 Å². The lowest BCUT2D eigenvalue weighted by molar-refractivity contribution is -0.274. The van der Waals surface area contributed by atoms with Crippen LogP contribution in [0, 0.1) is 11.8 Å². The minimum Gasteiger partial charge on any atom is -0.406 e. The Bertz CT molecular complexity index is 726. The molecule has 10 heteroatoms. The molecule has 0 radical (unpaired) electrons. The summed E-state index contributed by atoms with van der Waals surface area (Å²) in [7, 11) is 0. The lowest BCUT2D eigenvalue weighted by Gasteiger charge is -2.34. The van der Waals surface area contributed by atoms with E-state index in [9.17, 15) is 23.1 Å². The molecule has 1 aliphatic heterocycles. The molecule has 0 aromatic heterocycles. The van der Waals surface area contributed by atoms with Crippen LogP contribution in [0.4, 0.5) is 13.2 Å². The lowest BCUT2D eigenvalue weighted by atomic mass is 9.95. The Kier molecular flexibility index (Phi) is 9.42. The summed E-state index contributed by atoms with van der Waals surface area (Å²) in [5.41, 5.74) is 6.12. The molecule has 0 spiro atoms. The number of carbonyl (C=O) groups is 1. The van der Waals surface area contributed by atoms with Gasteiger partial charge in [-0.1, -0.05) is 12.1 Å². The van der Waals surface area contributed by atoms with E-state index < -0.39 is 6.36 Å². The summed E-state index contributed by atoms with van der Waals surface area (Å²) < 4.78 is 40.7. The number of hydrogen-bond acceptors (Lipinski definition) is 4. The van der Waals surface area contributed by atoms with Crippen molar-refractivity contribution >= 4 is 11.9 Å². The van der Waals surface area contributed by atoms with E-state index in [-0.39, 0.29) is 30.1 Å². The zero-order valence-electron chi connectivity index (χ0n) is 17.7. The molecular formula is C21H31F3N4O3. The fraction of sp³-hybridized carbons (Fsp3) is 0.619. The van der Waals surface area contributed by atoms with Gasteiger partial charge in [0.1, 0.15) is 5.75 Å². The highest BCUT2D eigenvalue weighted by Gasteiger charge is 2.31. The maximum Gasteiger partial charge on any atom is 0.573 e. The minimum atomic E-state index is -4.72. The Morgan fingerprint density at radius 1 is 1.39 bits per heavy atom. The second-order valence-corrected chi connectivity index (χ2v) is 7.76. The van der Waals surface area contributed by atoms with Gasteiger partial charge in [0.25, 0.3) is 0 Å². The van der Waals surface area contributed by atoms with E-state index in [1.54, 1.807) is 12.1 Å². The molecule has 2 atom stereocenters. The fourth-order valence-corrected chi connectivity index (χ4v) is 3.70. The van der Waals surface area contributed by atoms with Gasteiger partial charge >= 0.3 is 6.36 Å². The number of likely N-dealkylation sites (tertiary alicyclic amines) is 1. The van der Waals surface area contributed by atoms with Crippen molar-refractivity contribution in [3.63, 3.8) is 0 Å². The number of primary amides is 1. The normalized spacial score (nSPS) is 18.5. The van der Waals surface area contributed by atoms with Crippen LogP contribution in [0.25, 0.3) is 0 Å². The summed E-state index contributed by atoms with van der Waals surface area (Å²) >= 11 is 0. The first-order chi connectivity index (χ1) is 14.7. The van der Waals surface area contributed by atoms with E-state index in [4.69, 9.17) is 5.73 Å². The monoisotopic (exact) mass is 444 g/mol. The molecule has 7 nitrogen and oxygen atoms in total. The van der Waals surface area contributed by atoms with Gasteiger partial charge in [0, 0.05) is 45.1 Å². The smallest absolute Gasteiger partial charge is 0.406 e. The van der Waals surface area contributed by atoms with Crippen molar-refractivity contribution in [2.45, 2.75) is 39.0 Å². The molecule has 1 heterocycles. The number of guanidine groups is 1. The number of aliphatic hydroxyl groups is 1. The van der Waals surface area contributed by atoms with Crippen LogP contribution in [0.2, 0.25) is 0 Å². The Hall–Kier alpha value is -2.49. The number of rotatable bonds is 9. The molecule has 0 bridgehead atoms. The van der Waals surface area contributed by atoms with E-state index in [1.807, 2.05) is 6.92 Å². The van der Waals surface area contributed by atoms with Crippen LogP contribution in [0.3, 0.4) is 0 Å². The summed E-state index contributed by atoms with van der Waals surface area (Å²) in [6.07, 6.45) is -2.01. The quantitative estimate of drug-likeness (QED) is 0.401. The summed E-state index contributed by atoms with van der Waals surface area (Å²) in [6.45, 7) is 4.42. The Labute approximate surface area is 180 Å². The van der Waals surface area contributed by atoms with Crippen LogP contribution in [-0.2, 0) is 11.2 Å². The molecule has 1 aliphatic rings. The number of alkyl halides is 3. The Morgan fingerprint density at radius 2 is 2.10 bits per heavy atom. The van der Waals surface area contributed by atoms with Gasteiger partial charge in [-0.15, -0.1) is 13.2 Å². The molecule has 1 amide bonds. The zero-order valence-corrected chi connectivity index (χ0v) is 17.7. The summed E-state index contributed by atoms with van der Waals surface area (Å²) in [5, 5.41) is 13.0. The number of nitrogens with one attached hydrogen (secondary N) is 1. The number of hydrogen-bond donors (Lipinski definition) is 3. The number of nitrogens with two attached hydrogens (primary N) is 1. The number of benzene rings is 1. The molecule has 174 valence electrons. The van der Waals surface area contributed by atoms with E-state index >= 15 is 0 Å². The molecule has 31 heavy (non-hydrogen) atoms. The van der Waals surface area contributed by atoms with Gasteiger partial charge in [-0.3, -0.25) is 9.79 Å². The molecule has 2 rings (SSSR count). The lowest BCUT2D eigenvalue weighted by Crippen LogP contribution is -2.47. The van der Waals surface area contributed by atoms with Gasteiger partial charge in [-0.25, -0.2) is 0 Å². The van der Waals surface area contributed by atoms with Crippen molar-refractivity contribution in [3.8, 4) is 5.75 Å². The molecule has 0 aliphatic carbocycles. The number of aliphatic hydroxyl groups excluding tert-OH is 1. The maximum atomic E-state index is 12.3. The van der Waals surface area contributed by atoms with Crippen LogP contribution in [-0.4, -0.2) is 61.0 Å². The first kappa shape index (κ1) is 24.8. The predicted octanol–water partition coefficient (Wildman–Crippen LogP) is 2.29. The largest absolute Gasteiger partial charge is 0.573 e. The number of piperidine rings is 1. The molecule has 1 saturated heterocycles. The molecule has 1 aromatic carbocycles. The van der Waals surface area contributed by atoms with Crippen LogP contribution in [0.5, 0.6) is 5.75 Å². The molecule has 2 unspecified atom stereocenters. The average Bonchev–Trinajstić information content (AvgIpc) is 2.70. The van der Waals surface area contributed by atoms with Crippen molar-refractivity contribution in [2.75, 3.05) is 32.8 Å². The standard InChI is InChI=1S/C21H31F3N4O3/c1-2-26-20(28-9-3-4-16(13-28)11-19(25)30)27-12-17(14-29)10-15-5-7-18(8-6-15)31-21(22,23)24/h5-8,16-17,29H,2-4,9-14H2,1H3,(H2,25,30)(H,26,27). The van der Waals surface area contributed by atoms with Crippen LogP contribution in [0.1, 0.15) is 31.7 Å². The maximum absolute atomic E-state index is 12.3. The zero-order chi connectivity index (χ0) is 22.9. The van der Waals surface area contributed by atoms with Crippen molar-refractivity contribution in [1.29, 1.82) is 0 Å². The van der Waals surface area contributed by atoms with Gasteiger partial charge in [-0.2, -0.15) is 0 Å². The van der Waals surface area contributed by atoms with Gasteiger partial charge in [0.05, 0.1) is 0 Å². The van der Waals surface area contributed by atoms with Gasteiger partial charge < -0.3 is 25.8 Å². The highest BCUT2D eigenvalue weighted by atomic mass is 19.4. The van der Waals surface area contributed by atoms with E-state index in [0.717, 1.165) is 30.9 Å². The van der Waals surface area contributed by atoms with Gasteiger partial charge in [0.2, 0.25) is 5.91 Å². The molecule has 1 aromatic rings. The topological polar surface area (TPSA) is 100 Å². The molecule has 4 N–H and O–H groups in total. The second-order valence-electron chi connectivity index (χ2n) is 7.76. The fourth-order valence-electron chi connectivity index (χ4n) is 3.70. The molecular weight excluding hydrogens is 413 g/mol. The van der Waals surface area contributed by atoms with Crippen molar-refractivity contribution < 1.29 is 27.8 Å². The van der Waals surface area contributed by atoms with Gasteiger partial charge in [0.15, 0.2) is 5.96 Å². The Balaban J connectivity index is 1.98. The number of carbonyl (C=O) groups excluding carboxylic acids is 1. The summed E-state index contributed by atoms with van der Waals surface area (Å²) in [5.74, 6) is 0.153. The first-order valence-electron chi connectivity index (χ1n) is 10.5. The van der Waals surface area contributed by atoms with Crippen LogP contribution < -0.4 is 15.8 Å². The third-order valence-corrected chi connectivity index (χ3v) is 5.08. The number of ether oxygens (including phenoxy) is 1. The summed E-state index contributed by atoms with van der Waals surface area (Å²) in [6, 6.07) is 5.63.